The Kier molecular flexibility index (Phi) is 4.27. The molecule has 2 fully saturated rings. The predicted octanol–water partition coefficient (Wildman–Crippen LogP) is 2.36. The van der Waals surface area contributed by atoms with Crippen LogP contribution in [0.4, 0.5) is 16.2 Å². The minimum Gasteiger partial charge on any atom is -0.493 e. The average molecular weight is 500 g/mol. The molecule has 12 heteroatoms. The predicted molar refractivity (Wildman–Crippen MR) is 131 cm³/mol. The van der Waals surface area contributed by atoms with Crippen LogP contribution in [0.15, 0.2) is 43.1 Å². The lowest BCUT2D eigenvalue weighted by atomic mass is 9.78. The van der Waals surface area contributed by atoms with Crippen LogP contribution in [0.5, 0.6) is 5.75 Å². The number of ether oxygens (including phenoxy) is 2. The molecule has 0 atom stereocenters. The minimum absolute atomic E-state index is 0.263. The number of benzene rings is 1. The van der Waals surface area contributed by atoms with E-state index in [2.05, 4.69) is 41.5 Å². The van der Waals surface area contributed by atoms with E-state index in [9.17, 15) is 4.39 Å². The van der Waals surface area contributed by atoms with Gasteiger partial charge >= 0.3 is 0 Å². The smallest absolute Gasteiger partial charge is 0.210 e. The molecule has 4 aromatic heterocycles. The van der Waals surface area contributed by atoms with Gasteiger partial charge in [0.1, 0.15) is 30.0 Å². The van der Waals surface area contributed by atoms with Crippen LogP contribution < -0.4 is 15.0 Å². The van der Waals surface area contributed by atoms with Crippen LogP contribution in [0.25, 0.3) is 22.4 Å². The number of fused-ring (bicyclic) bond motifs is 3. The zero-order valence-electron chi connectivity index (χ0n) is 19.8. The molecule has 0 bridgehead atoms. The Morgan fingerprint density at radius 3 is 2.84 bits per heavy atom. The first-order valence-corrected chi connectivity index (χ1v) is 12.2. The van der Waals surface area contributed by atoms with Crippen LogP contribution in [-0.2, 0) is 17.7 Å². The highest BCUT2D eigenvalue weighted by atomic mass is 19.1. The van der Waals surface area contributed by atoms with Gasteiger partial charge in [-0.2, -0.15) is 9.61 Å². The molecular formula is C25H22FN9O2. The first-order valence-electron chi connectivity index (χ1n) is 12.2. The standard InChI is InChI=1S/C25H22FN9O2/c26-19-2-3-20-15(5-6-37-20)17(19)7-27-24-28-8-18(23-32-30-14-34(23)24)16-1-4-21(35-22(16)29-13-31-35)33-9-25(10-33)11-36-12-25/h1-4,8,13-14H,5-7,9-12H2,(H,27,28). The SMILES string of the molecule is Fc1ccc2c(c1CNc1ncc(-c3ccc(N4CC5(COC5)C4)n4ncnc34)c3nncn13)CCO2. The quantitative estimate of drug-likeness (QED) is 0.390. The molecule has 1 spiro atoms. The van der Waals surface area contributed by atoms with Crippen molar-refractivity contribution in [3.63, 3.8) is 0 Å². The number of rotatable bonds is 5. The third-order valence-electron chi connectivity index (χ3n) is 7.58. The fraction of sp³-hybridized carbons (Fsp3) is 0.320. The van der Waals surface area contributed by atoms with E-state index in [-0.39, 0.29) is 12.4 Å². The third-order valence-corrected chi connectivity index (χ3v) is 7.58. The van der Waals surface area contributed by atoms with Crippen molar-refractivity contribution in [1.82, 2.24) is 34.2 Å². The zero-order valence-corrected chi connectivity index (χ0v) is 19.8. The summed E-state index contributed by atoms with van der Waals surface area (Å²) >= 11 is 0. The van der Waals surface area contributed by atoms with E-state index < -0.39 is 0 Å². The molecule has 7 heterocycles. The van der Waals surface area contributed by atoms with E-state index in [0.29, 0.717) is 35.6 Å². The van der Waals surface area contributed by atoms with Gasteiger partial charge in [0.05, 0.1) is 25.2 Å². The van der Waals surface area contributed by atoms with E-state index in [4.69, 9.17) is 9.47 Å². The summed E-state index contributed by atoms with van der Waals surface area (Å²) in [5.41, 5.74) is 4.75. The van der Waals surface area contributed by atoms with E-state index in [1.165, 1.54) is 6.07 Å². The number of anilines is 2. The van der Waals surface area contributed by atoms with Crippen LogP contribution in [-0.4, -0.2) is 67.1 Å². The summed E-state index contributed by atoms with van der Waals surface area (Å²) in [6, 6.07) is 7.22. The van der Waals surface area contributed by atoms with Crippen molar-refractivity contribution in [3.05, 3.63) is 60.1 Å². The van der Waals surface area contributed by atoms with Crippen molar-refractivity contribution >= 4 is 23.1 Å². The number of nitrogens with zero attached hydrogens (tertiary/aromatic N) is 8. The molecule has 3 aliphatic rings. The molecule has 8 rings (SSSR count). The summed E-state index contributed by atoms with van der Waals surface area (Å²) in [5, 5.41) is 16.2. The van der Waals surface area contributed by atoms with Crippen LogP contribution in [0.3, 0.4) is 0 Å². The molecule has 0 unspecified atom stereocenters. The van der Waals surface area contributed by atoms with E-state index >= 15 is 0 Å². The maximum Gasteiger partial charge on any atom is 0.210 e. The van der Waals surface area contributed by atoms with Gasteiger partial charge in [-0.05, 0) is 24.3 Å². The van der Waals surface area contributed by atoms with Crippen LogP contribution in [0.1, 0.15) is 11.1 Å². The second kappa shape index (κ2) is 7.59. The lowest BCUT2D eigenvalue weighted by molar-refractivity contribution is -0.127. The number of hydrogen-bond donors (Lipinski definition) is 1. The number of halogens is 1. The summed E-state index contributed by atoms with van der Waals surface area (Å²) in [5.74, 6) is 1.99. The summed E-state index contributed by atoms with van der Waals surface area (Å²) in [6.07, 6.45) is 5.59. The Bertz CT molecular complexity index is 1680. The fourth-order valence-electron chi connectivity index (χ4n) is 5.66. The molecule has 1 aromatic carbocycles. The molecule has 2 saturated heterocycles. The Hall–Kier alpha value is -4.32. The van der Waals surface area contributed by atoms with Gasteiger partial charge in [0.2, 0.25) is 5.95 Å². The maximum atomic E-state index is 14.6. The minimum atomic E-state index is -0.263. The summed E-state index contributed by atoms with van der Waals surface area (Å²) in [6.45, 7) is 4.39. The third kappa shape index (κ3) is 3.05. The first kappa shape index (κ1) is 20.8. The van der Waals surface area contributed by atoms with Crippen molar-refractivity contribution in [3.8, 4) is 16.9 Å². The topological polar surface area (TPSA) is 107 Å². The van der Waals surface area contributed by atoms with Crippen LogP contribution in [0, 0.1) is 11.2 Å². The molecule has 0 saturated carbocycles. The van der Waals surface area contributed by atoms with Crippen molar-refractivity contribution in [2.75, 3.05) is 43.1 Å². The molecular weight excluding hydrogens is 477 g/mol. The van der Waals surface area contributed by atoms with E-state index in [1.54, 1.807) is 29.3 Å². The second-order valence-corrected chi connectivity index (χ2v) is 9.92. The van der Waals surface area contributed by atoms with Crippen LogP contribution in [0.2, 0.25) is 0 Å². The lowest BCUT2D eigenvalue weighted by Crippen LogP contribution is -2.66. The zero-order chi connectivity index (χ0) is 24.6. The second-order valence-electron chi connectivity index (χ2n) is 9.92. The van der Waals surface area contributed by atoms with Gasteiger partial charge in [0.25, 0.3) is 0 Å². The van der Waals surface area contributed by atoms with Crippen molar-refractivity contribution in [2.24, 2.45) is 5.41 Å². The maximum absolute atomic E-state index is 14.6. The highest BCUT2D eigenvalue weighted by Crippen LogP contribution is 2.41. The highest BCUT2D eigenvalue weighted by molar-refractivity contribution is 5.87. The van der Waals surface area contributed by atoms with Gasteiger partial charge in [-0.1, -0.05) is 0 Å². The molecule has 186 valence electrons. The molecule has 11 nitrogen and oxygen atoms in total. The van der Waals surface area contributed by atoms with Crippen molar-refractivity contribution < 1.29 is 13.9 Å². The van der Waals surface area contributed by atoms with Gasteiger partial charge in [-0.15, -0.1) is 10.2 Å². The van der Waals surface area contributed by atoms with E-state index in [1.807, 2.05) is 10.6 Å². The van der Waals surface area contributed by atoms with Crippen molar-refractivity contribution in [1.29, 1.82) is 0 Å². The van der Waals surface area contributed by atoms with Gasteiger partial charge in [0.15, 0.2) is 11.3 Å². The number of nitrogens with one attached hydrogen (secondary N) is 1. The summed E-state index contributed by atoms with van der Waals surface area (Å²) in [4.78, 5) is 11.5. The Morgan fingerprint density at radius 1 is 1.05 bits per heavy atom. The molecule has 37 heavy (non-hydrogen) atoms. The van der Waals surface area contributed by atoms with Gasteiger partial charge < -0.3 is 19.7 Å². The first-order chi connectivity index (χ1) is 18.2. The number of pyridine rings is 1. The highest BCUT2D eigenvalue weighted by Gasteiger charge is 2.49. The van der Waals surface area contributed by atoms with Gasteiger partial charge in [0, 0.05) is 54.5 Å². The van der Waals surface area contributed by atoms with Gasteiger partial charge in [-0.3, -0.25) is 4.40 Å². The Morgan fingerprint density at radius 2 is 1.97 bits per heavy atom. The van der Waals surface area contributed by atoms with Gasteiger partial charge in [-0.25, -0.2) is 14.4 Å². The van der Waals surface area contributed by atoms with Crippen molar-refractivity contribution in [2.45, 2.75) is 13.0 Å². The summed E-state index contributed by atoms with van der Waals surface area (Å²) in [7, 11) is 0. The lowest BCUT2D eigenvalue weighted by Gasteiger charge is -2.55. The number of aromatic nitrogens is 7. The fourth-order valence-corrected chi connectivity index (χ4v) is 5.66. The Balaban J connectivity index is 1.13. The molecule has 0 radical (unpaired) electrons. The van der Waals surface area contributed by atoms with E-state index in [0.717, 1.165) is 60.2 Å². The molecule has 5 aromatic rings. The normalized spacial score (nSPS) is 17.6. The largest absolute Gasteiger partial charge is 0.493 e. The molecule has 1 N–H and O–H groups in total. The average Bonchev–Trinajstić information content (AvgIpc) is 3.62. The molecule has 3 aliphatic heterocycles. The Labute approximate surface area is 209 Å². The summed E-state index contributed by atoms with van der Waals surface area (Å²) < 4.78 is 29.3. The van der Waals surface area contributed by atoms with Crippen LogP contribution >= 0.6 is 0 Å². The number of hydrogen-bond acceptors (Lipinski definition) is 9. The monoisotopic (exact) mass is 499 g/mol. The molecule has 0 amide bonds. The molecule has 0 aliphatic carbocycles.